The Morgan fingerprint density at radius 1 is 1.08 bits per heavy atom. The summed E-state index contributed by atoms with van der Waals surface area (Å²) in [7, 11) is 0. The van der Waals surface area contributed by atoms with E-state index in [1.807, 2.05) is 6.07 Å². The fourth-order valence-electron chi connectivity index (χ4n) is 10.2. The summed E-state index contributed by atoms with van der Waals surface area (Å²) in [6.45, 7) is 9.84. The molecule has 0 bridgehead atoms. The van der Waals surface area contributed by atoms with Crippen molar-refractivity contribution in [2.45, 2.75) is 88.9 Å². The van der Waals surface area contributed by atoms with E-state index in [0.717, 1.165) is 70.5 Å². The highest BCUT2D eigenvalue weighted by molar-refractivity contribution is 5.67. The summed E-state index contributed by atoms with van der Waals surface area (Å²) in [6.07, 6.45) is 10.6. The highest BCUT2D eigenvalue weighted by Gasteiger charge is 2.80. The maximum absolute atomic E-state index is 12.6. The van der Waals surface area contributed by atoms with Gasteiger partial charge in [0.2, 0.25) is 0 Å². The maximum Gasteiger partial charge on any atom is 0.407 e. The number of nitrogens with zero attached hydrogens (tertiary/aromatic N) is 1. The van der Waals surface area contributed by atoms with Gasteiger partial charge in [-0.15, -0.1) is 0 Å². The lowest BCUT2D eigenvalue weighted by Gasteiger charge is -2.61. The minimum Gasteiger partial charge on any atom is -0.446 e. The number of fused-ring (bicyclic) bond motifs is 3. The molecule has 0 unspecified atom stereocenters. The number of ether oxygens (including phenoxy) is 3. The molecule has 6 aliphatic rings. The van der Waals surface area contributed by atoms with E-state index in [9.17, 15) is 9.59 Å². The third kappa shape index (κ3) is 4.11. The number of carbonyl (C=O) groups excluding carboxylic acids is 1. The first-order valence-electron chi connectivity index (χ1n) is 15.3. The molecular weight excluding hydrogens is 496 g/mol. The van der Waals surface area contributed by atoms with Gasteiger partial charge in [0, 0.05) is 37.7 Å². The van der Waals surface area contributed by atoms with E-state index >= 15 is 0 Å². The van der Waals surface area contributed by atoms with E-state index < -0.39 is 0 Å². The zero-order chi connectivity index (χ0) is 26.8. The monoisotopic (exact) mass is 540 g/mol. The van der Waals surface area contributed by atoms with Crippen molar-refractivity contribution in [3.05, 3.63) is 34.4 Å². The molecule has 1 aromatic rings. The Bertz CT molecular complexity index is 1130. The zero-order valence-electron chi connectivity index (χ0n) is 23.5. The largest absolute Gasteiger partial charge is 0.446 e. The number of rotatable bonds is 5. The van der Waals surface area contributed by atoms with E-state index in [4.69, 9.17) is 18.6 Å². The Labute approximate surface area is 231 Å². The predicted octanol–water partition coefficient (Wildman–Crippen LogP) is 4.32. The summed E-state index contributed by atoms with van der Waals surface area (Å²) in [5.74, 6) is 2.23. The summed E-state index contributed by atoms with van der Waals surface area (Å²) in [5.41, 5.74) is 1.21. The molecule has 1 aromatic heterocycles. The molecule has 9 atom stereocenters. The number of hydrogen-bond acceptors (Lipinski definition) is 7. The Kier molecular flexibility index (Phi) is 6.40. The van der Waals surface area contributed by atoms with Crippen molar-refractivity contribution in [3.63, 3.8) is 0 Å². The second-order valence-corrected chi connectivity index (χ2v) is 13.7. The predicted molar refractivity (Wildman–Crippen MR) is 144 cm³/mol. The van der Waals surface area contributed by atoms with Crippen LogP contribution < -0.4 is 10.9 Å². The van der Waals surface area contributed by atoms with Crippen LogP contribution in [0.3, 0.4) is 0 Å². The lowest BCUT2D eigenvalue weighted by atomic mass is 9.44. The quantitative estimate of drug-likeness (QED) is 0.556. The van der Waals surface area contributed by atoms with Crippen molar-refractivity contribution in [3.8, 4) is 0 Å². The SMILES string of the molecule is C[C@]12CC[C@H](OC(=O)NCCN3CCOCC3)C[C@H]1CC[C@@H]1[C@@H]2CC[C@]2(C)[C@@H](c3ccc(=O)oc3)C[C@H]3O[C@]132. The summed E-state index contributed by atoms with van der Waals surface area (Å²) in [5, 5.41) is 2.98. The average Bonchev–Trinajstić information content (AvgIpc) is 3.59. The number of amides is 1. The Balaban J connectivity index is 0.984. The Morgan fingerprint density at radius 2 is 1.92 bits per heavy atom. The normalized spacial score (nSPS) is 44.9. The highest BCUT2D eigenvalue weighted by atomic mass is 16.6. The van der Waals surface area contributed by atoms with Crippen LogP contribution in [0.25, 0.3) is 0 Å². The van der Waals surface area contributed by atoms with Crippen molar-refractivity contribution >= 4 is 6.09 Å². The van der Waals surface area contributed by atoms with Crippen LogP contribution in [0.5, 0.6) is 0 Å². The highest BCUT2D eigenvalue weighted by Crippen LogP contribution is 2.78. The first kappa shape index (κ1) is 26.0. The van der Waals surface area contributed by atoms with Gasteiger partial charge in [-0.3, -0.25) is 4.90 Å². The van der Waals surface area contributed by atoms with E-state index in [2.05, 4.69) is 24.1 Å². The van der Waals surface area contributed by atoms with Crippen LogP contribution in [-0.4, -0.2) is 68.2 Å². The van der Waals surface area contributed by atoms with Crippen LogP contribution in [0.15, 0.2) is 27.6 Å². The fraction of sp³-hybridized carbons (Fsp3) is 0.806. The van der Waals surface area contributed by atoms with Crippen LogP contribution in [0.1, 0.15) is 76.7 Å². The van der Waals surface area contributed by atoms with Crippen LogP contribution >= 0.6 is 0 Å². The third-order valence-electron chi connectivity index (χ3n) is 12.2. The summed E-state index contributed by atoms with van der Waals surface area (Å²) in [4.78, 5) is 26.5. The van der Waals surface area contributed by atoms with E-state index in [0.29, 0.717) is 36.3 Å². The van der Waals surface area contributed by atoms with Gasteiger partial charge in [0.25, 0.3) is 0 Å². The number of morpholine rings is 1. The van der Waals surface area contributed by atoms with Crippen LogP contribution in [-0.2, 0) is 14.2 Å². The molecule has 2 aliphatic heterocycles. The Hall–Kier alpha value is -1.90. The van der Waals surface area contributed by atoms with Crippen molar-refractivity contribution in [2.24, 2.45) is 28.6 Å². The molecule has 8 nitrogen and oxygen atoms in total. The topological polar surface area (TPSA) is 93.5 Å². The fourth-order valence-corrected chi connectivity index (χ4v) is 10.2. The summed E-state index contributed by atoms with van der Waals surface area (Å²) in [6, 6.07) is 3.55. The van der Waals surface area contributed by atoms with Gasteiger partial charge in [-0.1, -0.05) is 13.8 Å². The number of carbonyl (C=O) groups is 1. The van der Waals surface area contributed by atoms with Crippen molar-refractivity contribution in [1.82, 2.24) is 10.2 Å². The van der Waals surface area contributed by atoms with Gasteiger partial charge in [0.15, 0.2) is 0 Å². The van der Waals surface area contributed by atoms with Crippen LogP contribution in [0, 0.1) is 28.6 Å². The molecule has 4 aliphatic carbocycles. The molecule has 8 heteroatoms. The molecule has 4 saturated carbocycles. The van der Waals surface area contributed by atoms with Gasteiger partial charge in [0.05, 0.1) is 25.6 Å². The molecule has 3 heterocycles. The Morgan fingerprint density at radius 3 is 2.72 bits per heavy atom. The summed E-state index contributed by atoms with van der Waals surface area (Å²) < 4.78 is 23.3. The van der Waals surface area contributed by atoms with Gasteiger partial charge >= 0.3 is 11.7 Å². The lowest BCUT2D eigenvalue weighted by Crippen LogP contribution is -2.58. The zero-order valence-corrected chi connectivity index (χ0v) is 23.5. The molecule has 0 aromatic carbocycles. The second-order valence-electron chi connectivity index (χ2n) is 13.7. The minimum absolute atomic E-state index is 0.0172. The van der Waals surface area contributed by atoms with Gasteiger partial charge in [-0.05, 0) is 92.1 Å². The van der Waals surface area contributed by atoms with Gasteiger partial charge in [-0.25, -0.2) is 9.59 Å². The number of nitrogens with one attached hydrogen (secondary N) is 1. The molecular formula is C31H44N2O6. The van der Waals surface area contributed by atoms with Crippen LogP contribution in [0.2, 0.25) is 0 Å². The van der Waals surface area contributed by atoms with E-state index in [1.165, 1.54) is 19.3 Å². The number of alkyl carbamates (subject to hydrolysis) is 1. The third-order valence-corrected chi connectivity index (χ3v) is 12.2. The van der Waals surface area contributed by atoms with Crippen LogP contribution in [0.4, 0.5) is 4.79 Å². The summed E-state index contributed by atoms with van der Waals surface area (Å²) >= 11 is 0. The molecule has 1 spiro atoms. The van der Waals surface area contributed by atoms with Crippen molar-refractivity contribution < 1.29 is 23.4 Å². The molecule has 214 valence electrons. The van der Waals surface area contributed by atoms with E-state index in [1.54, 1.807) is 12.3 Å². The average molecular weight is 541 g/mol. The second kappa shape index (κ2) is 9.59. The molecule has 7 rings (SSSR count). The molecule has 1 amide bonds. The molecule has 6 fully saturated rings. The maximum atomic E-state index is 12.6. The van der Waals surface area contributed by atoms with Gasteiger partial charge < -0.3 is 23.9 Å². The number of epoxide rings is 1. The van der Waals surface area contributed by atoms with Gasteiger partial charge in [0.1, 0.15) is 11.7 Å². The smallest absolute Gasteiger partial charge is 0.407 e. The number of hydrogen-bond donors (Lipinski definition) is 1. The lowest BCUT2D eigenvalue weighted by molar-refractivity contribution is -0.139. The molecule has 0 radical (unpaired) electrons. The van der Waals surface area contributed by atoms with Crippen molar-refractivity contribution in [1.29, 1.82) is 0 Å². The van der Waals surface area contributed by atoms with Crippen molar-refractivity contribution in [2.75, 3.05) is 39.4 Å². The molecule has 2 saturated heterocycles. The molecule has 1 N–H and O–H groups in total. The minimum atomic E-state index is -0.280. The van der Waals surface area contributed by atoms with E-state index in [-0.39, 0.29) is 34.3 Å². The first-order valence-corrected chi connectivity index (χ1v) is 15.3. The standard InChI is InChI=1S/C31H44N2O6/c1-29-9-7-22(38-28(35)32-11-12-33-13-15-36-16-14-33)17-21(29)4-5-24-23(29)8-10-30(2)25(18-26-31(24,30)39-26)20-3-6-27(34)37-19-20/h3,6,19,21-26H,4-5,7-18H2,1-2H3,(H,32,35)/t21-,22+,23+,24-,25-,26-,29+,30-,31-/m1/s1. The molecule has 39 heavy (non-hydrogen) atoms. The first-order chi connectivity index (χ1) is 18.8. The van der Waals surface area contributed by atoms with Gasteiger partial charge in [-0.2, -0.15) is 0 Å².